The second kappa shape index (κ2) is 8.55. The molecule has 1 aromatic heterocycles. The number of anilines is 3. The van der Waals surface area contributed by atoms with Gasteiger partial charge < -0.3 is 20.4 Å². The van der Waals surface area contributed by atoms with Crippen molar-refractivity contribution >= 4 is 39.8 Å². The summed E-state index contributed by atoms with van der Waals surface area (Å²) in [5.41, 5.74) is 3.52. The van der Waals surface area contributed by atoms with E-state index in [1.807, 2.05) is 18.2 Å². The molecule has 0 saturated carbocycles. The van der Waals surface area contributed by atoms with Crippen LogP contribution >= 0.6 is 11.3 Å². The first-order valence-electron chi connectivity index (χ1n) is 9.67. The molecule has 8 nitrogen and oxygen atoms in total. The summed E-state index contributed by atoms with van der Waals surface area (Å²) >= 11 is 1.30. The van der Waals surface area contributed by atoms with E-state index in [1.54, 1.807) is 10.4 Å². The van der Waals surface area contributed by atoms with E-state index >= 15 is 0 Å². The van der Waals surface area contributed by atoms with Gasteiger partial charge in [0.25, 0.3) is 0 Å². The first-order valence-corrected chi connectivity index (χ1v) is 10.6. The Hall–Kier alpha value is -2.68. The topological polar surface area (TPSA) is 90.5 Å². The Bertz CT molecular complexity index is 814. The second-order valence-electron chi connectivity index (χ2n) is 7.14. The van der Waals surface area contributed by atoms with Crippen molar-refractivity contribution in [2.45, 2.75) is 25.7 Å². The summed E-state index contributed by atoms with van der Waals surface area (Å²) in [4.78, 5) is 29.2. The summed E-state index contributed by atoms with van der Waals surface area (Å²) in [6.07, 6.45) is 3.67. The molecule has 3 heterocycles. The quantitative estimate of drug-likeness (QED) is 0.823. The molecule has 2 saturated heterocycles. The molecule has 0 atom stereocenters. The van der Waals surface area contributed by atoms with Crippen LogP contribution in [0, 0.1) is 5.92 Å². The smallest absolute Gasteiger partial charge is 0.321 e. The summed E-state index contributed by atoms with van der Waals surface area (Å²) in [7, 11) is 0. The molecule has 0 radical (unpaired) electrons. The van der Waals surface area contributed by atoms with Gasteiger partial charge in [-0.15, -0.1) is 10.2 Å². The van der Waals surface area contributed by atoms with Crippen LogP contribution in [0.1, 0.15) is 25.7 Å². The number of nitrogens with zero attached hydrogens (tertiary/aromatic N) is 4. The van der Waals surface area contributed by atoms with Crippen molar-refractivity contribution in [2.75, 3.05) is 41.7 Å². The predicted molar refractivity (Wildman–Crippen MR) is 110 cm³/mol. The largest absolute Gasteiger partial charge is 0.370 e. The SMILES string of the molecule is O=C(Nc1nncs1)C1CCN(C(=O)Nc2ccccc2N2CCCC2)CC1. The van der Waals surface area contributed by atoms with Crippen LogP contribution in [0.15, 0.2) is 29.8 Å². The summed E-state index contributed by atoms with van der Waals surface area (Å²) in [6, 6.07) is 7.86. The number of rotatable bonds is 4. The number of hydrogen-bond acceptors (Lipinski definition) is 6. The van der Waals surface area contributed by atoms with Crippen LogP contribution in [0.4, 0.5) is 21.3 Å². The summed E-state index contributed by atoms with van der Waals surface area (Å²) in [6.45, 7) is 3.18. The van der Waals surface area contributed by atoms with Crippen LogP contribution in [0.5, 0.6) is 0 Å². The molecule has 2 aliphatic heterocycles. The number of benzene rings is 1. The van der Waals surface area contributed by atoms with Gasteiger partial charge in [-0.3, -0.25) is 4.79 Å². The normalized spacial score (nSPS) is 17.6. The van der Waals surface area contributed by atoms with E-state index in [1.165, 1.54) is 24.2 Å². The fraction of sp³-hybridized carbons (Fsp3) is 0.474. The van der Waals surface area contributed by atoms with Gasteiger partial charge in [0.2, 0.25) is 11.0 Å². The monoisotopic (exact) mass is 400 g/mol. The van der Waals surface area contributed by atoms with Crippen LogP contribution < -0.4 is 15.5 Å². The first-order chi connectivity index (χ1) is 13.7. The van der Waals surface area contributed by atoms with Gasteiger partial charge in [0.15, 0.2) is 0 Å². The molecular weight excluding hydrogens is 376 g/mol. The highest BCUT2D eigenvalue weighted by Crippen LogP contribution is 2.29. The third kappa shape index (κ3) is 4.24. The van der Waals surface area contributed by atoms with Crippen molar-refractivity contribution in [3.63, 3.8) is 0 Å². The molecule has 148 valence electrons. The van der Waals surface area contributed by atoms with E-state index in [2.05, 4.69) is 31.8 Å². The molecule has 0 aliphatic carbocycles. The standard InChI is InChI=1S/C19H24N6O2S/c26-17(22-18-23-20-13-28-18)14-7-11-25(12-8-14)19(27)21-15-5-1-2-6-16(15)24-9-3-4-10-24/h1-2,5-6,13-14H,3-4,7-12H2,(H,21,27)(H,22,23,26). The van der Waals surface area contributed by atoms with Crippen LogP contribution in [-0.2, 0) is 4.79 Å². The van der Waals surface area contributed by atoms with E-state index in [0.29, 0.717) is 31.1 Å². The molecule has 2 aliphatic rings. The van der Waals surface area contributed by atoms with Crippen molar-refractivity contribution in [3.8, 4) is 0 Å². The lowest BCUT2D eigenvalue weighted by atomic mass is 9.96. The van der Waals surface area contributed by atoms with E-state index in [-0.39, 0.29) is 17.9 Å². The third-order valence-electron chi connectivity index (χ3n) is 5.34. The number of amides is 3. The number of carbonyl (C=O) groups is 2. The fourth-order valence-electron chi connectivity index (χ4n) is 3.79. The number of likely N-dealkylation sites (tertiary alicyclic amines) is 1. The minimum Gasteiger partial charge on any atom is -0.370 e. The van der Waals surface area contributed by atoms with Crippen LogP contribution in [-0.4, -0.2) is 53.2 Å². The van der Waals surface area contributed by atoms with Gasteiger partial charge in [-0.2, -0.15) is 0 Å². The zero-order valence-corrected chi connectivity index (χ0v) is 16.5. The predicted octanol–water partition coefficient (Wildman–Crippen LogP) is 3.02. The first kappa shape index (κ1) is 18.7. The number of urea groups is 1. The maximum absolute atomic E-state index is 12.7. The lowest BCUT2D eigenvalue weighted by molar-refractivity contribution is -0.121. The van der Waals surface area contributed by atoms with Gasteiger partial charge in [-0.25, -0.2) is 4.79 Å². The Balaban J connectivity index is 1.32. The molecule has 28 heavy (non-hydrogen) atoms. The van der Waals surface area contributed by atoms with Gasteiger partial charge in [0, 0.05) is 32.1 Å². The minimum absolute atomic E-state index is 0.0452. The molecule has 2 fully saturated rings. The third-order valence-corrected chi connectivity index (χ3v) is 5.94. The Labute approximate surface area is 167 Å². The number of piperidine rings is 1. The molecule has 0 bridgehead atoms. The summed E-state index contributed by atoms with van der Waals surface area (Å²) < 4.78 is 0. The van der Waals surface area contributed by atoms with Crippen molar-refractivity contribution in [2.24, 2.45) is 5.92 Å². The number of aromatic nitrogens is 2. The minimum atomic E-state index is -0.107. The Morgan fingerprint density at radius 3 is 2.50 bits per heavy atom. The number of carbonyl (C=O) groups excluding carboxylic acids is 2. The van der Waals surface area contributed by atoms with Crippen LogP contribution in [0.2, 0.25) is 0 Å². The maximum Gasteiger partial charge on any atom is 0.321 e. The average molecular weight is 401 g/mol. The number of hydrogen-bond donors (Lipinski definition) is 2. The van der Waals surface area contributed by atoms with Crippen molar-refractivity contribution in [1.29, 1.82) is 0 Å². The van der Waals surface area contributed by atoms with Crippen molar-refractivity contribution in [3.05, 3.63) is 29.8 Å². The molecule has 2 aromatic rings. The van der Waals surface area contributed by atoms with E-state index in [0.717, 1.165) is 24.5 Å². The van der Waals surface area contributed by atoms with Gasteiger partial charge in [0.05, 0.1) is 11.4 Å². The molecule has 0 unspecified atom stereocenters. The molecule has 4 rings (SSSR count). The molecule has 9 heteroatoms. The van der Waals surface area contributed by atoms with Crippen molar-refractivity contribution in [1.82, 2.24) is 15.1 Å². The maximum atomic E-state index is 12.7. The molecule has 3 amide bonds. The average Bonchev–Trinajstić information content (AvgIpc) is 3.43. The van der Waals surface area contributed by atoms with Gasteiger partial charge in [0.1, 0.15) is 5.51 Å². The fourth-order valence-corrected chi connectivity index (χ4v) is 4.24. The molecule has 2 N–H and O–H groups in total. The molecule has 0 spiro atoms. The van der Waals surface area contributed by atoms with Crippen LogP contribution in [0.3, 0.4) is 0 Å². The number of nitrogens with one attached hydrogen (secondary N) is 2. The van der Waals surface area contributed by atoms with Crippen molar-refractivity contribution < 1.29 is 9.59 Å². The van der Waals surface area contributed by atoms with E-state index < -0.39 is 0 Å². The lowest BCUT2D eigenvalue weighted by Gasteiger charge is -2.31. The highest BCUT2D eigenvalue weighted by molar-refractivity contribution is 7.13. The summed E-state index contributed by atoms with van der Waals surface area (Å²) in [5, 5.41) is 13.9. The van der Waals surface area contributed by atoms with E-state index in [9.17, 15) is 9.59 Å². The summed E-state index contributed by atoms with van der Waals surface area (Å²) in [5.74, 6) is -0.152. The van der Waals surface area contributed by atoms with Crippen LogP contribution in [0.25, 0.3) is 0 Å². The highest BCUT2D eigenvalue weighted by atomic mass is 32.1. The Kier molecular flexibility index (Phi) is 5.70. The zero-order chi connectivity index (χ0) is 19.3. The number of para-hydroxylation sites is 2. The van der Waals surface area contributed by atoms with Gasteiger partial charge in [-0.05, 0) is 37.8 Å². The Morgan fingerprint density at radius 2 is 1.79 bits per heavy atom. The van der Waals surface area contributed by atoms with Gasteiger partial charge >= 0.3 is 6.03 Å². The van der Waals surface area contributed by atoms with E-state index in [4.69, 9.17) is 0 Å². The highest BCUT2D eigenvalue weighted by Gasteiger charge is 2.28. The second-order valence-corrected chi connectivity index (χ2v) is 7.97. The molecular formula is C19H24N6O2S. The molecule has 1 aromatic carbocycles. The zero-order valence-electron chi connectivity index (χ0n) is 15.6. The van der Waals surface area contributed by atoms with Gasteiger partial charge in [-0.1, -0.05) is 23.5 Å². The lowest BCUT2D eigenvalue weighted by Crippen LogP contribution is -2.43. The Morgan fingerprint density at radius 1 is 1.04 bits per heavy atom.